The van der Waals surface area contributed by atoms with Gasteiger partial charge in [-0.05, 0) is 48.6 Å². The predicted molar refractivity (Wildman–Crippen MR) is 85.2 cm³/mol. The van der Waals surface area contributed by atoms with Crippen LogP contribution in [0.4, 0.5) is 0 Å². The number of benzene rings is 1. The first-order chi connectivity index (χ1) is 8.56. The third kappa shape index (κ3) is 3.59. The Morgan fingerprint density at radius 3 is 2.44 bits per heavy atom. The summed E-state index contributed by atoms with van der Waals surface area (Å²) >= 11 is 9.94. The van der Waals surface area contributed by atoms with E-state index in [2.05, 4.69) is 63.7 Å². The SMILES string of the molecule is Cc1ccc(SCc2nc(C)c(I)c(Cl)n2)cc1. The van der Waals surface area contributed by atoms with Crippen LogP contribution < -0.4 is 0 Å². The molecule has 1 aromatic heterocycles. The highest BCUT2D eigenvalue weighted by Gasteiger charge is 2.07. The molecule has 0 aliphatic rings. The van der Waals surface area contributed by atoms with Crippen molar-refractivity contribution < 1.29 is 0 Å². The van der Waals surface area contributed by atoms with E-state index < -0.39 is 0 Å². The van der Waals surface area contributed by atoms with E-state index in [0.717, 1.165) is 20.8 Å². The Morgan fingerprint density at radius 1 is 1.17 bits per heavy atom. The van der Waals surface area contributed by atoms with Gasteiger partial charge < -0.3 is 0 Å². The Morgan fingerprint density at radius 2 is 1.83 bits per heavy atom. The molecular weight excluding hydrogens is 379 g/mol. The molecule has 0 aliphatic heterocycles. The van der Waals surface area contributed by atoms with Crippen LogP contribution in [0.15, 0.2) is 29.2 Å². The van der Waals surface area contributed by atoms with Crippen molar-refractivity contribution in [3.63, 3.8) is 0 Å². The Labute approximate surface area is 130 Å². The van der Waals surface area contributed by atoms with Crippen LogP contribution in [-0.2, 0) is 5.75 Å². The largest absolute Gasteiger partial charge is 0.236 e. The molecule has 5 heteroatoms. The van der Waals surface area contributed by atoms with Crippen LogP contribution in [0, 0.1) is 17.4 Å². The molecule has 0 bridgehead atoms. The van der Waals surface area contributed by atoms with Crippen LogP contribution in [-0.4, -0.2) is 9.97 Å². The smallest absolute Gasteiger partial charge is 0.146 e. The average Bonchev–Trinajstić information content (AvgIpc) is 2.35. The monoisotopic (exact) mass is 390 g/mol. The van der Waals surface area contributed by atoms with E-state index >= 15 is 0 Å². The zero-order valence-corrected chi connectivity index (χ0v) is 13.8. The number of halogens is 2. The van der Waals surface area contributed by atoms with Crippen LogP contribution in [0.5, 0.6) is 0 Å². The number of hydrogen-bond donors (Lipinski definition) is 0. The van der Waals surface area contributed by atoms with Gasteiger partial charge in [0.1, 0.15) is 11.0 Å². The van der Waals surface area contributed by atoms with E-state index in [-0.39, 0.29) is 0 Å². The lowest BCUT2D eigenvalue weighted by atomic mass is 10.2. The molecule has 94 valence electrons. The molecule has 0 unspecified atom stereocenters. The maximum Gasteiger partial charge on any atom is 0.146 e. The van der Waals surface area contributed by atoms with E-state index in [1.54, 1.807) is 11.8 Å². The van der Waals surface area contributed by atoms with Crippen molar-refractivity contribution in [2.75, 3.05) is 0 Å². The van der Waals surface area contributed by atoms with E-state index in [4.69, 9.17) is 11.6 Å². The first kappa shape index (κ1) is 14.1. The number of aromatic nitrogens is 2. The van der Waals surface area contributed by atoms with Gasteiger partial charge in [-0.15, -0.1) is 11.8 Å². The fraction of sp³-hybridized carbons (Fsp3) is 0.231. The molecule has 18 heavy (non-hydrogen) atoms. The number of thioether (sulfide) groups is 1. The lowest BCUT2D eigenvalue weighted by Crippen LogP contribution is -1.99. The highest BCUT2D eigenvalue weighted by atomic mass is 127. The summed E-state index contributed by atoms with van der Waals surface area (Å²) in [6, 6.07) is 8.44. The maximum atomic E-state index is 6.05. The van der Waals surface area contributed by atoms with E-state index in [1.165, 1.54) is 10.5 Å². The Hall–Kier alpha value is -0.330. The minimum absolute atomic E-state index is 0.544. The van der Waals surface area contributed by atoms with Gasteiger partial charge in [0.05, 0.1) is 15.0 Å². The summed E-state index contributed by atoms with van der Waals surface area (Å²) < 4.78 is 0.929. The van der Waals surface area contributed by atoms with Crippen LogP contribution in [0.25, 0.3) is 0 Å². The first-order valence-corrected chi connectivity index (χ1v) is 7.88. The second kappa shape index (κ2) is 6.21. The van der Waals surface area contributed by atoms with Gasteiger partial charge in [-0.3, -0.25) is 0 Å². The van der Waals surface area contributed by atoms with Crippen LogP contribution in [0.1, 0.15) is 17.1 Å². The van der Waals surface area contributed by atoms with Gasteiger partial charge in [-0.25, -0.2) is 9.97 Å². The molecular formula is C13H12ClIN2S. The van der Waals surface area contributed by atoms with Gasteiger partial charge in [-0.1, -0.05) is 29.3 Å². The molecule has 0 amide bonds. The molecule has 0 fully saturated rings. The number of aryl methyl sites for hydroxylation is 2. The van der Waals surface area contributed by atoms with Crippen LogP contribution in [0.3, 0.4) is 0 Å². The van der Waals surface area contributed by atoms with Crippen LogP contribution in [0.2, 0.25) is 5.15 Å². The van der Waals surface area contributed by atoms with Crippen molar-refractivity contribution >= 4 is 46.0 Å². The van der Waals surface area contributed by atoms with Crippen molar-refractivity contribution in [2.24, 2.45) is 0 Å². The lowest BCUT2D eigenvalue weighted by molar-refractivity contribution is 0.983. The standard InChI is InChI=1S/C13H12ClIN2S/c1-8-3-5-10(6-4-8)18-7-11-16-9(2)12(15)13(14)17-11/h3-6H,7H2,1-2H3. The third-order valence-corrected chi connectivity index (χ3v) is 5.30. The summed E-state index contributed by atoms with van der Waals surface area (Å²) in [4.78, 5) is 9.95. The topological polar surface area (TPSA) is 25.8 Å². The molecule has 0 radical (unpaired) electrons. The van der Waals surface area contributed by atoms with Crippen molar-refractivity contribution in [3.05, 3.63) is 50.1 Å². The number of rotatable bonds is 3. The lowest BCUT2D eigenvalue weighted by Gasteiger charge is -2.05. The molecule has 2 nitrogen and oxygen atoms in total. The molecule has 1 heterocycles. The zero-order valence-electron chi connectivity index (χ0n) is 10.1. The van der Waals surface area contributed by atoms with Crippen molar-refractivity contribution in [1.29, 1.82) is 0 Å². The van der Waals surface area contributed by atoms with Gasteiger partial charge in [0.15, 0.2) is 0 Å². The minimum Gasteiger partial charge on any atom is -0.236 e. The van der Waals surface area contributed by atoms with Gasteiger partial charge in [0.2, 0.25) is 0 Å². The minimum atomic E-state index is 0.544. The molecule has 0 saturated heterocycles. The average molecular weight is 391 g/mol. The highest BCUT2D eigenvalue weighted by Crippen LogP contribution is 2.24. The van der Waals surface area contributed by atoms with Crippen LogP contribution >= 0.6 is 46.0 Å². The Balaban J connectivity index is 2.08. The highest BCUT2D eigenvalue weighted by molar-refractivity contribution is 14.1. The molecule has 0 N–H and O–H groups in total. The summed E-state index contributed by atoms with van der Waals surface area (Å²) in [6.07, 6.45) is 0. The third-order valence-electron chi connectivity index (χ3n) is 2.41. The Kier molecular flexibility index (Phi) is 4.86. The predicted octanol–water partition coefficient (Wildman–Crippen LogP) is 4.64. The zero-order chi connectivity index (χ0) is 13.1. The van der Waals surface area contributed by atoms with Gasteiger partial charge in [-0.2, -0.15) is 0 Å². The summed E-state index contributed by atoms with van der Waals surface area (Å²) in [5, 5.41) is 0.544. The summed E-state index contributed by atoms with van der Waals surface area (Å²) in [7, 11) is 0. The fourth-order valence-corrected chi connectivity index (χ4v) is 2.66. The van der Waals surface area contributed by atoms with Gasteiger partial charge >= 0.3 is 0 Å². The van der Waals surface area contributed by atoms with Crippen molar-refractivity contribution in [1.82, 2.24) is 9.97 Å². The normalized spacial score (nSPS) is 10.7. The molecule has 2 rings (SSSR count). The van der Waals surface area contributed by atoms with Gasteiger partial charge in [0.25, 0.3) is 0 Å². The van der Waals surface area contributed by atoms with Gasteiger partial charge in [0, 0.05) is 4.90 Å². The molecule has 0 saturated carbocycles. The Bertz CT molecular complexity index is 534. The summed E-state index contributed by atoms with van der Waals surface area (Å²) in [6.45, 7) is 4.04. The fourth-order valence-electron chi connectivity index (χ4n) is 1.43. The first-order valence-electron chi connectivity index (χ1n) is 5.44. The summed E-state index contributed by atoms with van der Waals surface area (Å²) in [5.74, 6) is 1.52. The van der Waals surface area contributed by atoms with E-state index in [0.29, 0.717) is 5.15 Å². The number of hydrogen-bond acceptors (Lipinski definition) is 3. The molecule has 0 aliphatic carbocycles. The van der Waals surface area contributed by atoms with Crippen molar-refractivity contribution in [3.8, 4) is 0 Å². The van der Waals surface area contributed by atoms with E-state index in [9.17, 15) is 0 Å². The second-order valence-corrected chi connectivity index (χ2v) is 6.42. The van der Waals surface area contributed by atoms with E-state index in [1.807, 2.05) is 6.92 Å². The molecule has 0 atom stereocenters. The quantitative estimate of drug-likeness (QED) is 0.434. The maximum absolute atomic E-state index is 6.05. The second-order valence-electron chi connectivity index (χ2n) is 3.93. The number of nitrogens with zero attached hydrogens (tertiary/aromatic N) is 2. The molecule has 0 spiro atoms. The van der Waals surface area contributed by atoms with Crippen molar-refractivity contribution in [2.45, 2.75) is 24.5 Å². The molecule has 2 aromatic rings. The molecule has 1 aromatic carbocycles. The summed E-state index contributed by atoms with van der Waals surface area (Å²) in [5.41, 5.74) is 2.21.